The topological polar surface area (TPSA) is 57.7 Å². The maximum Gasteiger partial charge on any atom is 0.416 e. The van der Waals surface area contributed by atoms with Gasteiger partial charge in [-0.25, -0.2) is 8.42 Å². The van der Waals surface area contributed by atoms with E-state index in [4.69, 9.17) is 0 Å². The maximum absolute atomic E-state index is 13.4. The number of halogens is 3. The standard InChI is InChI=1S/C20H23F3N2O3S/c1-24(2)11-17-18(26)10-14-9-16(12-3-4-12)19(17)25(14)29(27,28)15-7-5-13(6-8-15)20(21,22)23/h5-9,12,14,17,19H,3-4,10-11H2,1-2H3. The fraction of sp³-hybridized carbons (Fsp3) is 0.550. The van der Waals surface area contributed by atoms with Gasteiger partial charge in [-0.3, -0.25) is 4.79 Å². The van der Waals surface area contributed by atoms with Crippen LogP contribution >= 0.6 is 0 Å². The molecule has 1 aromatic rings. The Morgan fingerprint density at radius 1 is 1.14 bits per heavy atom. The van der Waals surface area contributed by atoms with Crippen LogP contribution in [-0.4, -0.2) is 56.1 Å². The molecule has 2 bridgehead atoms. The summed E-state index contributed by atoms with van der Waals surface area (Å²) in [4.78, 5) is 14.4. The number of fused-ring (bicyclic) bond motifs is 2. The minimum Gasteiger partial charge on any atom is -0.309 e. The van der Waals surface area contributed by atoms with E-state index in [9.17, 15) is 26.4 Å². The van der Waals surface area contributed by atoms with Gasteiger partial charge in [-0.05, 0) is 57.1 Å². The Balaban J connectivity index is 1.72. The fourth-order valence-electron chi connectivity index (χ4n) is 4.49. The average molecular weight is 428 g/mol. The number of piperidine rings is 1. The highest BCUT2D eigenvalue weighted by Gasteiger charge is 2.55. The molecule has 0 radical (unpaired) electrons. The summed E-state index contributed by atoms with van der Waals surface area (Å²) in [6.07, 6.45) is -0.558. The number of rotatable bonds is 5. The smallest absolute Gasteiger partial charge is 0.309 e. The number of nitrogens with zero attached hydrogens (tertiary/aromatic N) is 2. The Morgan fingerprint density at radius 2 is 1.76 bits per heavy atom. The van der Waals surface area contributed by atoms with Crippen molar-refractivity contribution in [3.8, 4) is 0 Å². The molecule has 0 N–H and O–H groups in total. The van der Waals surface area contributed by atoms with Gasteiger partial charge in [-0.15, -0.1) is 0 Å². The number of alkyl halides is 3. The van der Waals surface area contributed by atoms with Gasteiger partial charge in [0.05, 0.1) is 28.5 Å². The number of carbonyl (C=O) groups is 1. The second-order valence-electron chi connectivity index (χ2n) is 8.35. The number of hydrogen-bond acceptors (Lipinski definition) is 4. The molecule has 2 aliphatic heterocycles. The zero-order valence-corrected chi connectivity index (χ0v) is 17.0. The molecule has 3 atom stereocenters. The van der Waals surface area contributed by atoms with E-state index in [2.05, 4.69) is 0 Å². The Morgan fingerprint density at radius 3 is 2.28 bits per heavy atom. The molecule has 1 aromatic carbocycles. The van der Waals surface area contributed by atoms with Gasteiger partial charge in [0.15, 0.2) is 0 Å². The van der Waals surface area contributed by atoms with Crippen molar-refractivity contribution in [2.45, 2.75) is 42.4 Å². The van der Waals surface area contributed by atoms with Crippen molar-refractivity contribution in [1.29, 1.82) is 0 Å². The third kappa shape index (κ3) is 3.64. The molecular weight excluding hydrogens is 405 g/mol. The molecule has 4 rings (SSSR count). The van der Waals surface area contributed by atoms with E-state index in [-0.39, 0.29) is 17.1 Å². The molecule has 0 spiro atoms. The summed E-state index contributed by atoms with van der Waals surface area (Å²) in [7, 11) is -0.374. The van der Waals surface area contributed by atoms with Crippen molar-refractivity contribution in [1.82, 2.24) is 9.21 Å². The van der Waals surface area contributed by atoms with E-state index in [0.717, 1.165) is 42.7 Å². The first-order valence-electron chi connectivity index (χ1n) is 9.60. The lowest BCUT2D eigenvalue weighted by Gasteiger charge is -2.40. The minimum atomic E-state index is -4.53. The molecule has 0 amide bonds. The lowest BCUT2D eigenvalue weighted by atomic mass is 9.86. The van der Waals surface area contributed by atoms with Crippen LogP contribution in [-0.2, 0) is 21.0 Å². The highest BCUT2D eigenvalue weighted by molar-refractivity contribution is 7.89. The van der Waals surface area contributed by atoms with Gasteiger partial charge in [0, 0.05) is 13.0 Å². The SMILES string of the molecule is CN(C)CC1C(=O)CC2C=C(C3CC3)C1N2S(=O)(=O)c1ccc(C(F)(F)F)cc1. The fourth-order valence-corrected chi connectivity index (χ4v) is 6.28. The molecule has 5 nitrogen and oxygen atoms in total. The van der Waals surface area contributed by atoms with Crippen LogP contribution in [0.5, 0.6) is 0 Å². The predicted octanol–water partition coefficient (Wildman–Crippen LogP) is 2.93. The second kappa shape index (κ2) is 6.92. The summed E-state index contributed by atoms with van der Waals surface area (Å²) < 4.78 is 66.8. The minimum absolute atomic E-state index is 0.0412. The molecule has 1 saturated carbocycles. The maximum atomic E-state index is 13.4. The molecule has 158 valence electrons. The predicted molar refractivity (Wildman–Crippen MR) is 101 cm³/mol. The Hall–Kier alpha value is -1.71. The van der Waals surface area contributed by atoms with E-state index >= 15 is 0 Å². The summed E-state index contributed by atoms with van der Waals surface area (Å²) in [5.74, 6) is -0.134. The number of ketones is 1. The first kappa shape index (κ1) is 20.6. The zero-order chi connectivity index (χ0) is 21.1. The Kier molecular flexibility index (Phi) is 4.91. The van der Waals surface area contributed by atoms with Crippen LogP contribution in [0.2, 0.25) is 0 Å². The molecular formula is C20H23F3N2O3S. The van der Waals surface area contributed by atoms with E-state index in [1.807, 2.05) is 25.1 Å². The van der Waals surface area contributed by atoms with E-state index < -0.39 is 39.8 Å². The van der Waals surface area contributed by atoms with Gasteiger partial charge < -0.3 is 4.90 Å². The number of hydrogen-bond donors (Lipinski definition) is 0. The van der Waals surface area contributed by atoms with Crippen molar-refractivity contribution < 1.29 is 26.4 Å². The van der Waals surface area contributed by atoms with Crippen molar-refractivity contribution >= 4 is 15.8 Å². The third-order valence-electron chi connectivity index (χ3n) is 5.90. The van der Waals surface area contributed by atoms with E-state index in [1.54, 1.807) is 0 Å². The number of benzene rings is 1. The van der Waals surface area contributed by atoms with E-state index in [1.165, 1.54) is 4.31 Å². The largest absolute Gasteiger partial charge is 0.416 e. The number of sulfonamides is 1. The molecule has 3 unspecified atom stereocenters. The van der Waals surface area contributed by atoms with E-state index in [0.29, 0.717) is 12.5 Å². The van der Waals surface area contributed by atoms with Crippen LogP contribution < -0.4 is 0 Å². The molecule has 3 aliphatic rings. The Labute approximate surface area is 168 Å². The molecule has 1 aliphatic carbocycles. The molecule has 1 saturated heterocycles. The molecule has 9 heteroatoms. The summed E-state index contributed by atoms with van der Waals surface area (Å²) in [6.45, 7) is 0.430. The van der Waals surface area contributed by atoms with Crippen LogP contribution in [0.1, 0.15) is 24.8 Å². The van der Waals surface area contributed by atoms with Gasteiger partial charge in [-0.1, -0.05) is 11.6 Å². The average Bonchev–Trinajstić information content (AvgIpc) is 3.41. The lowest BCUT2D eigenvalue weighted by molar-refractivity contribution is -0.137. The first-order valence-corrected chi connectivity index (χ1v) is 11.0. The molecule has 0 aromatic heterocycles. The highest BCUT2D eigenvalue weighted by atomic mass is 32.2. The van der Waals surface area contributed by atoms with Crippen LogP contribution in [0.3, 0.4) is 0 Å². The first-order chi connectivity index (χ1) is 13.5. The van der Waals surface area contributed by atoms with Crippen molar-refractivity contribution in [3.05, 3.63) is 41.5 Å². The van der Waals surface area contributed by atoms with Crippen LogP contribution in [0.15, 0.2) is 40.8 Å². The summed E-state index contributed by atoms with van der Waals surface area (Å²) in [6, 6.07) is 2.47. The zero-order valence-electron chi connectivity index (χ0n) is 16.2. The number of Topliss-reactive ketones (excluding diaryl/α,β-unsaturated/α-hetero) is 1. The molecule has 2 heterocycles. The van der Waals surface area contributed by atoms with Gasteiger partial charge in [-0.2, -0.15) is 17.5 Å². The van der Waals surface area contributed by atoms with Gasteiger partial charge in [0.1, 0.15) is 5.78 Å². The quantitative estimate of drug-likeness (QED) is 0.677. The third-order valence-corrected chi connectivity index (χ3v) is 7.82. The van der Waals surface area contributed by atoms with Crippen LogP contribution in [0.25, 0.3) is 0 Å². The van der Waals surface area contributed by atoms with Crippen LogP contribution in [0.4, 0.5) is 13.2 Å². The molecule has 29 heavy (non-hydrogen) atoms. The van der Waals surface area contributed by atoms with Gasteiger partial charge >= 0.3 is 6.18 Å². The van der Waals surface area contributed by atoms with Crippen LogP contribution in [0, 0.1) is 11.8 Å². The Bertz CT molecular complexity index is 950. The molecule has 2 fully saturated rings. The second-order valence-corrected chi connectivity index (χ2v) is 10.2. The highest BCUT2D eigenvalue weighted by Crippen LogP contribution is 2.49. The number of carbonyl (C=O) groups excluding carboxylic acids is 1. The lowest BCUT2D eigenvalue weighted by Crippen LogP contribution is -2.55. The normalized spacial score (nSPS) is 28.1. The summed E-state index contributed by atoms with van der Waals surface area (Å²) >= 11 is 0. The monoisotopic (exact) mass is 428 g/mol. The van der Waals surface area contributed by atoms with Crippen molar-refractivity contribution in [2.24, 2.45) is 11.8 Å². The summed E-state index contributed by atoms with van der Waals surface area (Å²) in [5.41, 5.74) is 0.110. The van der Waals surface area contributed by atoms with Gasteiger partial charge in [0.25, 0.3) is 0 Å². The summed E-state index contributed by atoms with van der Waals surface area (Å²) in [5, 5.41) is 0. The van der Waals surface area contributed by atoms with Crippen molar-refractivity contribution in [2.75, 3.05) is 20.6 Å². The van der Waals surface area contributed by atoms with Gasteiger partial charge in [0.2, 0.25) is 10.0 Å². The van der Waals surface area contributed by atoms with Crippen molar-refractivity contribution in [3.63, 3.8) is 0 Å².